The van der Waals surface area contributed by atoms with Crippen molar-refractivity contribution in [1.82, 2.24) is 0 Å². The zero-order valence-electron chi connectivity index (χ0n) is 11.2. The van der Waals surface area contributed by atoms with E-state index in [1.165, 1.54) is 32.1 Å². The quantitative estimate of drug-likeness (QED) is 0.667. The van der Waals surface area contributed by atoms with Gasteiger partial charge in [0.05, 0.1) is 5.60 Å². The van der Waals surface area contributed by atoms with Crippen molar-refractivity contribution in [3.8, 4) is 0 Å². The first-order chi connectivity index (χ1) is 7.36. The summed E-state index contributed by atoms with van der Waals surface area (Å²) in [6.07, 6.45) is 8.69. The predicted octanol–water partition coefficient (Wildman–Crippen LogP) is 3.92. The average molecular weight is 222 g/mol. The fourth-order valence-electron chi connectivity index (χ4n) is 3.90. The monoisotopic (exact) mass is 222 g/mol. The Labute approximate surface area is 99.9 Å². The van der Waals surface area contributed by atoms with E-state index in [-0.39, 0.29) is 0 Å². The van der Waals surface area contributed by atoms with Crippen molar-refractivity contribution in [3.63, 3.8) is 0 Å². The molecule has 0 bridgehead atoms. The third-order valence-electron chi connectivity index (χ3n) is 5.33. The van der Waals surface area contributed by atoms with Crippen molar-refractivity contribution in [2.45, 2.75) is 65.4 Å². The van der Waals surface area contributed by atoms with E-state index in [9.17, 15) is 5.11 Å². The lowest BCUT2D eigenvalue weighted by molar-refractivity contribution is 0.0128. The standard InChI is InChI=1S/C15H26O/c1-11-6-5-7-12(2)15(11)9-8-13(10-15)14(3,4)16/h6,12-13,16H,5,7-10H2,1-4H3/t12-,13+,15?/m0/s1. The third kappa shape index (κ3) is 1.84. The van der Waals surface area contributed by atoms with Crippen LogP contribution < -0.4 is 0 Å². The lowest BCUT2D eigenvalue weighted by Gasteiger charge is -2.41. The van der Waals surface area contributed by atoms with Gasteiger partial charge in [-0.25, -0.2) is 0 Å². The van der Waals surface area contributed by atoms with Gasteiger partial charge in [0.2, 0.25) is 0 Å². The molecule has 2 aliphatic carbocycles. The SMILES string of the molecule is CC1=CCC[C@H](C)C12CC[C@@H](C(C)(C)O)C2. The molecule has 0 aromatic heterocycles. The summed E-state index contributed by atoms with van der Waals surface area (Å²) in [6.45, 7) is 8.66. The normalized spacial score (nSPS) is 40.2. The summed E-state index contributed by atoms with van der Waals surface area (Å²) in [5.41, 5.74) is 1.52. The van der Waals surface area contributed by atoms with Crippen molar-refractivity contribution >= 4 is 0 Å². The van der Waals surface area contributed by atoms with Gasteiger partial charge in [-0.15, -0.1) is 0 Å². The van der Waals surface area contributed by atoms with E-state index < -0.39 is 5.60 Å². The van der Waals surface area contributed by atoms with Crippen LogP contribution >= 0.6 is 0 Å². The summed E-state index contributed by atoms with van der Waals surface area (Å²) in [7, 11) is 0. The Morgan fingerprint density at radius 2 is 2.06 bits per heavy atom. The molecule has 0 aliphatic heterocycles. The Hall–Kier alpha value is -0.300. The van der Waals surface area contributed by atoms with E-state index >= 15 is 0 Å². The Balaban J connectivity index is 2.22. The van der Waals surface area contributed by atoms with Crippen LogP contribution in [0.25, 0.3) is 0 Å². The van der Waals surface area contributed by atoms with Crippen LogP contribution in [-0.4, -0.2) is 10.7 Å². The van der Waals surface area contributed by atoms with Crippen LogP contribution in [-0.2, 0) is 0 Å². The fourth-order valence-corrected chi connectivity index (χ4v) is 3.90. The Morgan fingerprint density at radius 1 is 1.38 bits per heavy atom. The smallest absolute Gasteiger partial charge is 0.0620 e. The molecule has 16 heavy (non-hydrogen) atoms. The van der Waals surface area contributed by atoms with E-state index in [1.807, 2.05) is 13.8 Å². The molecule has 1 fully saturated rings. The number of hydrogen-bond donors (Lipinski definition) is 1. The van der Waals surface area contributed by atoms with E-state index in [0.717, 1.165) is 5.92 Å². The minimum Gasteiger partial charge on any atom is -0.390 e. The number of aliphatic hydroxyl groups is 1. The summed E-state index contributed by atoms with van der Waals surface area (Å²) < 4.78 is 0. The van der Waals surface area contributed by atoms with E-state index in [0.29, 0.717) is 11.3 Å². The van der Waals surface area contributed by atoms with Crippen molar-refractivity contribution in [3.05, 3.63) is 11.6 Å². The van der Waals surface area contributed by atoms with Crippen LogP contribution in [0.15, 0.2) is 11.6 Å². The van der Waals surface area contributed by atoms with Crippen molar-refractivity contribution in [2.75, 3.05) is 0 Å². The van der Waals surface area contributed by atoms with Crippen LogP contribution in [0.3, 0.4) is 0 Å². The van der Waals surface area contributed by atoms with Gasteiger partial charge in [0.25, 0.3) is 0 Å². The van der Waals surface area contributed by atoms with Crippen LogP contribution in [0.5, 0.6) is 0 Å². The molecule has 0 heterocycles. The van der Waals surface area contributed by atoms with Crippen LogP contribution in [0.2, 0.25) is 0 Å². The molecule has 0 aromatic carbocycles. The first-order valence-corrected chi connectivity index (χ1v) is 6.76. The van der Waals surface area contributed by atoms with Crippen LogP contribution in [0.1, 0.15) is 59.8 Å². The third-order valence-corrected chi connectivity index (χ3v) is 5.33. The highest BCUT2D eigenvalue weighted by atomic mass is 16.3. The molecule has 1 N–H and O–H groups in total. The largest absolute Gasteiger partial charge is 0.390 e. The molecule has 1 spiro atoms. The molecule has 1 heteroatoms. The minimum absolute atomic E-state index is 0.420. The molecule has 1 nitrogen and oxygen atoms in total. The summed E-state index contributed by atoms with van der Waals surface area (Å²) in [5.74, 6) is 1.28. The number of allylic oxidation sites excluding steroid dienone is 2. The molecular weight excluding hydrogens is 196 g/mol. The Morgan fingerprint density at radius 3 is 2.56 bits per heavy atom. The Kier molecular flexibility index (Phi) is 2.94. The second-order valence-corrected chi connectivity index (χ2v) is 6.62. The van der Waals surface area contributed by atoms with Crippen LogP contribution in [0.4, 0.5) is 0 Å². The lowest BCUT2D eigenvalue weighted by atomic mass is 9.64. The molecule has 2 aliphatic rings. The first-order valence-electron chi connectivity index (χ1n) is 6.76. The van der Waals surface area contributed by atoms with Crippen LogP contribution in [0, 0.1) is 17.3 Å². The van der Waals surface area contributed by atoms with Gasteiger partial charge in [0, 0.05) is 0 Å². The molecule has 3 atom stereocenters. The van der Waals surface area contributed by atoms with Gasteiger partial charge in [-0.05, 0) is 70.1 Å². The van der Waals surface area contributed by atoms with Gasteiger partial charge in [-0.3, -0.25) is 0 Å². The summed E-state index contributed by atoms with van der Waals surface area (Å²) in [5, 5.41) is 10.2. The molecule has 2 rings (SSSR count). The van der Waals surface area contributed by atoms with E-state index in [2.05, 4.69) is 19.9 Å². The molecule has 0 saturated heterocycles. The van der Waals surface area contributed by atoms with Gasteiger partial charge >= 0.3 is 0 Å². The summed E-state index contributed by atoms with van der Waals surface area (Å²) in [6, 6.07) is 0. The van der Waals surface area contributed by atoms with Gasteiger partial charge in [-0.2, -0.15) is 0 Å². The predicted molar refractivity (Wildman–Crippen MR) is 68.2 cm³/mol. The van der Waals surface area contributed by atoms with Gasteiger partial charge in [-0.1, -0.05) is 18.6 Å². The fraction of sp³-hybridized carbons (Fsp3) is 0.867. The van der Waals surface area contributed by atoms with Gasteiger partial charge in [0.15, 0.2) is 0 Å². The minimum atomic E-state index is -0.499. The van der Waals surface area contributed by atoms with E-state index in [4.69, 9.17) is 0 Å². The Bertz CT molecular complexity index is 297. The van der Waals surface area contributed by atoms with Gasteiger partial charge in [0.1, 0.15) is 0 Å². The lowest BCUT2D eigenvalue weighted by Crippen LogP contribution is -2.34. The average Bonchev–Trinajstić information content (AvgIpc) is 2.60. The second-order valence-electron chi connectivity index (χ2n) is 6.62. The highest BCUT2D eigenvalue weighted by molar-refractivity contribution is 5.20. The summed E-state index contributed by atoms with van der Waals surface area (Å²) in [4.78, 5) is 0. The van der Waals surface area contributed by atoms with Crippen molar-refractivity contribution in [2.24, 2.45) is 17.3 Å². The van der Waals surface area contributed by atoms with E-state index in [1.54, 1.807) is 5.57 Å². The molecule has 92 valence electrons. The number of rotatable bonds is 1. The maximum Gasteiger partial charge on any atom is 0.0620 e. The van der Waals surface area contributed by atoms with Crippen molar-refractivity contribution < 1.29 is 5.11 Å². The highest BCUT2D eigenvalue weighted by Crippen LogP contribution is 2.56. The van der Waals surface area contributed by atoms with Gasteiger partial charge < -0.3 is 5.11 Å². The van der Waals surface area contributed by atoms with Crippen molar-refractivity contribution in [1.29, 1.82) is 0 Å². The topological polar surface area (TPSA) is 20.2 Å². The number of hydrogen-bond acceptors (Lipinski definition) is 1. The maximum atomic E-state index is 10.2. The maximum absolute atomic E-state index is 10.2. The molecular formula is C15H26O. The molecule has 0 amide bonds. The zero-order chi connectivity index (χ0) is 12.0. The second kappa shape index (κ2) is 3.87. The highest BCUT2D eigenvalue weighted by Gasteiger charge is 2.48. The zero-order valence-corrected chi connectivity index (χ0v) is 11.2. The molecule has 1 unspecified atom stereocenters. The molecule has 0 radical (unpaired) electrons. The molecule has 0 aromatic rings. The molecule has 1 saturated carbocycles. The summed E-state index contributed by atoms with van der Waals surface area (Å²) >= 11 is 0. The first kappa shape index (κ1) is 12.2.